The van der Waals surface area contributed by atoms with E-state index in [1.807, 2.05) is 24.1 Å². The molecular formula is C15H20N6O. The van der Waals surface area contributed by atoms with Crippen molar-refractivity contribution in [2.45, 2.75) is 19.3 Å². The van der Waals surface area contributed by atoms with E-state index in [0.717, 1.165) is 5.69 Å². The number of amides is 1. The predicted octanol–water partition coefficient (Wildman–Crippen LogP) is 0.607. The lowest BCUT2D eigenvalue weighted by molar-refractivity contribution is -0.132. The Morgan fingerprint density at radius 1 is 1.18 bits per heavy atom. The van der Waals surface area contributed by atoms with Crippen LogP contribution in [0.1, 0.15) is 18.5 Å². The van der Waals surface area contributed by atoms with Gasteiger partial charge in [0.2, 0.25) is 5.91 Å². The first-order chi connectivity index (χ1) is 10.7. The molecule has 1 amide bonds. The van der Waals surface area contributed by atoms with Crippen LogP contribution in [0.25, 0.3) is 0 Å². The van der Waals surface area contributed by atoms with Crippen LogP contribution in [-0.2, 0) is 11.2 Å². The van der Waals surface area contributed by atoms with Crippen LogP contribution in [0.2, 0.25) is 0 Å². The lowest BCUT2D eigenvalue weighted by Crippen LogP contribution is -2.40. The first-order valence-corrected chi connectivity index (χ1v) is 7.12. The number of nitrogens with zero attached hydrogens (tertiary/aromatic N) is 6. The van der Waals surface area contributed by atoms with E-state index in [1.165, 1.54) is 0 Å². The molecule has 22 heavy (non-hydrogen) atoms. The zero-order chi connectivity index (χ0) is 16.2. The second-order valence-corrected chi connectivity index (χ2v) is 4.88. The van der Waals surface area contributed by atoms with Gasteiger partial charge < -0.3 is 4.90 Å². The molecule has 1 aromatic heterocycles. The first-order valence-electron chi connectivity index (χ1n) is 7.12. The van der Waals surface area contributed by atoms with Crippen molar-refractivity contribution in [2.75, 3.05) is 33.2 Å². The third kappa shape index (κ3) is 6.78. The Balaban J connectivity index is 2.42. The molecule has 0 spiro atoms. The third-order valence-corrected chi connectivity index (χ3v) is 3.11. The summed E-state index contributed by atoms with van der Waals surface area (Å²) in [5.41, 5.74) is 0.882. The molecule has 7 nitrogen and oxygen atoms in total. The minimum absolute atomic E-state index is 0.0628. The van der Waals surface area contributed by atoms with Gasteiger partial charge in [0.05, 0.1) is 37.2 Å². The Morgan fingerprint density at radius 2 is 1.86 bits per heavy atom. The van der Waals surface area contributed by atoms with Gasteiger partial charge in [0.25, 0.3) is 0 Å². The van der Waals surface area contributed by atoms with Crippen molar-refractivity contribution >= 4 is 5.91 Å². The SMILES string of the molecule is CN(CCc1cnccn1)CC(=O)N(CCC#N)CCC#N. The molecule has 1 aromatic rings. The Labute approximate surface area is 130 Å². The van der Waals surface area contributed by atoms with Crippen LogP contribution >= 0.6 is 0 Å². The molecular weight excluding hydrogens is 280 g/mol. The Kier molecular flexibility index (Phi) is 8.17. The minimum Gasteiger partial charge on any atom is -0.340 e. The van der Waals surface area contributed by atoms with Gasteiger partial charge >= 0.3 is 0 Å². The van der Waals surface area contributed by atoms with Gasteiger partial charge in [0, 0.05) is 44.6 Å². The summed E-state index contributed by atoms with van der Waals surface area (Å²) in [6.45, 7) is 1.69. The fourth-order valence-corrected chi connectivity index (χ4v) is 1.91. The van der Waals surface area contributed by atoms with Gasteiger partial charge in [0.15, 0.2) is 0 Å². The summed E-state index contributed by atoms with van der Waals surface area (Å²) in [4.78, 5) is 23.9. The lowest BCUT2D eigenvalue weighted by Gasteiger charge is -2.24. The van der Waals surface area contributed by atoms with E-state index in [2.05, 4.69) is 9.97 Å². The maximum atomic E-state index is 12.2. The zero-order valence-corrected chi connectivity index (χ0v) is 12.8. The molecule has 116 valence electrons. The highest BCUT2D eigenvalue weighted by Gasteiger charge is 2.15. The third-order valence-electron chi connectivity index (χ3n) is 3.11. The van der Waals surface area contributed by atoms with E-state index < -0.39 is 0 Å². The number of hydrogen-bond acceptors (Lipinski definition) is 6. The summed E-state index contributed by atoms with van der Waals surface area (Å²) in [6, 6.07) is 4.05. The van der Waals surface area contributed by atoms with Gasteiger partial charge in [-0.05, 0) is 7.05 Å². The molecule has 0 aliphatic heterocycles. The highest BCUT2D eigenvalue weighted by molar-refractivity contribution is 5.78. The Bertz CT molecular complexity index is 515. The largest absolute Gasteiger partial charge is 0.340 e. The molecule has 0 unspecified atom stereocenters. The van der Waals surface area contributed by atoms with Gasteiger partial charge in [-0.2, -0.15) is 10.5 Å². The summed E-state index contributed by atoms with van der Waals surface area (Å²) < 4.78 is 0. The number of aromatic nitrogens is 2. The molecule has 0 saturated heterocycles. The van der Waals surface area contributed by atoms with E-state index in [-0.39, 0.29) is 25.3 Å². The maximum absolute atomic E-state index is 12.2. The van der Waals surface area contributed by atoms with E-state index in [1.54, 1.807) is 23.5 Å². The van der Waals surface area contributed by atoms with Crippen LogP contribution in [0.3, 0.4) is 0 Å². The van der Waals surface area contributed by atoms with Crippen LogP contribution in [0, 0.1) is 22.7 Å². The summed E-state index contributed by atoms with van der Waals surface area (Å²) in [6.07, 6.45) is 6.25. The Hall–Kier alpha value is -2.51. The van der Waals surface area contributed by atoms with Crippen molar-refractivity contribution < 1.29 is 4.79 Å². The van der Waals surface area contributed by atoms with E-state index in [4.69, 9.17) is 10.5 Å². The standard InChI is InChI=1S/C15H20N6O/c1-20(11-4-14-12-18-7-8-19-14)13-15(22)21(9-2-5-16)10-3-6-17/h7-8,12H,2-4,9-11,13H2,1H3. The fraction of sp³-hybridized carbons (Fsp3) is 0.533. The molecule has 0 aliphatic carbocycles. The van der Waals surface area contributed by atoms with Crippen molar-refractivity contribution in [2.24, 2.45) is 0 Å². The number of carbonyl (C=O) groups excluding carboxylic acids is 1. The van der Waals surface area contributed by atoms with Gasteiger partial charge in [-0.15, -0.1) is 0 Å². The molecule has 7 heteroatoms. The second kappa shape index (κ2) is 10.3. The number of likely N-dealkylation sites (N-methyl/N-ethyl adjacent to an activating group) is 1. The second-order valence-electron chi connectivity index (χ2n) is 4.88. The summed E-state index contributed by atoms with van der Waals surface area (Å²) in [5, 5.41) is 17.3. The topological polar surface area (TPSA) is 96.9 Å². The fourth-order valence-electron chi connectivity index (χ4n) is 1.91. The number of rotatable bonds is 9. The van der Waals surface area contributed by atoms with Crippen molar-refractivity contribution in [3.05, 3.63) is 24.3 Å². The van der Waals surface area contributed by atoms with Crippen molar-refractivity contribution in [3.8, 4) is 12.1 Å². The predicted molar refractivity (Wildman–Crippen MR) is 80.3 cm³/mol. The van der Waals surface area contributed by atoms with Crippen LogP contribution in [0.4, 0.5) is 0 Å². The van der Waals surface area contributed by atoms with Crippen LogP contribution < -0.4 is 0 Å². The van der Waals surface area contributed by atoms with Gasteiger partial charge in [0.1, 0.15) is 0 Å². The van der Waals surface area contributed by atoms with Crippen molar-refractivity contribution in [1.82, 2.24) is 19.8 Å². The molecule has 0 N–H and O–H groups in total. The quantitative estimate of drug-likeness (QED) is 0.662. The molecule has 0 aliphatic rings. The van der Waals surface area contributed by atoms with Crippen molar-refractivity contribution in [1.29, 1.82) is 10.5 Å². The molecule has 1 rings (SSSR count). The monoisotopic (exact) mass is 300 g/mol. The van der Waals surface area contributed by atoms with Gasteiger partial charge in [-0.25, -0.2) is 0 Å². The Morgan fingerprint density at radius 3 is 2.41 bits per heavy atom. The van der Waals surface area contributed by atoms with E-state index in [0.29, 0.717) is 26.1 Å². The summed E-state index contributed by atoms with van der Waals surface area (Å²) in [7, 11) is 1.86. The zero-order valence-electron chi connectivity index (χ0n) is 12.8. The van der Waals surface area contributed by atoms with Crippen molar-refractivity contribution in [3.63, 3.8) is 0 Å². The number of carbonyl (C=O) groups is 1. The molecule has 0 aromatic carbocycles. The summed E-state index contributed by atoms with van der Waals surface area (Å²) in [5.74, 6) is -0.0628. The van der Waals surface area contributed by atoms with E-state index in [9.17, 15) is 4.79 Å². The highest BCUT2D eigenvalue weighted by atomic mass is 16.2. The first kappa shape index (κ1) is 17.5. The highest BCUT2D eigenvalue weighted by Crippen LogP contribution is 1.99. The molecule has 0 atom stereocenters. The van der Waals surface area contributed by atoms with E-state index >= 15 is 0 Å². The average molecular weight is 300 g/mol. The van der Waals surface area contributed by atoms with Gasteiger partial charge in [-0.3, -0.25) is 19.7 Å². The van der Waals surface area contributed by atoms with Crippen LogP contribution in [0.5, 0.6) is 0 Å². The minimum atomic E-state index is -0.0628. The smallest absolute Gasteiger partial charge is 0.236 e. The maximum Gasteiger partial charge on any atom is 0.236 e. The normalized spacial score (nSPS) is 10.0. The number of nitriles is 2. The molecule has 0 radical (unpaired) electrons. The molecule has 1 heterocycles. The van der Waals surface area contributed by atoms with Crippen LogP contribution in [0.15, 0.2) is 18.6 Å². The number of hydrogen-bond donors (Lipinski definition) is 0. The van der Waals surface area contributed by atoms with Crippen LogP contribution in [-0.4, -0.2) is 58.9 Å². The molecule has 0 fully saturated rings. The lowest BCUT2D eigenvalue weighted by atomic mass is 10.3. The molecule has 0 bridgehead atoms. The summed E-state index contributed by atoms with van der Waals surface area (Å²) >= 11 is 0. The molecule has 0 saturated carbocycles. The van der Waals surface area contributed by atoms with Gasteiger partial charge in [-0.1, -0.05) is 0 Å². The average Bonchev–Trinajstić information content (AvgIpc) is 2.54.